The standard InChI is InChI=1S/C13H17NO3S/c1-2-3-4-11-5-7-13(8-6-11)18(16,17)14-9-12(14)10-15/h5-8,10,12H,2-4,9H2,1H3. The van der Waals surface area contributed by atoms with Gasteiger partial charge in [-0.1, -0.05) is 25.5 Å². The van der Waals surface area contributed by atoms with Gasteiger partial charge in [0.2, 0.25) is 10.0 Å². The molecule has 5 heteroatoms. The van der Waals surface area contributed by atoms with Crippen LogP contribution < -0.4 is 0 Å². The van der Waals surface area contributed by atoms with Crippen LogP contribution in [-0.4, -0.2) is 31.6 Å². The molecule has 0 aliphatic carbocycles. The number of aldehydes is 1. The SMILES string of the molecule is CCCCc1ccc(S(=O)(=O)N2CC2C=O)cc1. The molecule has 0 spiro atoms. The van der Waals surface area contributed by atoms with Crippen molar-refractivity contribution >= 4 is 16.3 Å². The maximum Gasteiger partial charge on any atom is 0.243 e. The normalized spacial score (nSPS) is 22.7. The van der Waals surface area contributed by atoms with Crippen molar-refractivity contribution in [2.45, 2.75) is 37.1 Å². The van der Waals surface area contributed by atoms with E-state index in [-0.39, 0.29) is 4.90 Å². The Kier molecular flexibility index (Phi) is 3.82. The quantitative estimate of drug-likeness (QED) is 0.581. The van der Waals surface area contributed by atoms with Crippen LogP contribution in [0, 0.1) is 0 Å². The van der Waals surface area contributed by atoms with Crippen LogP contribution in [-0.2, 0) is 21.2 Å². The summed E-state index contributed by atoms with van der Waals surface area (Å²) in [5.74, 6) is 0. The molecule has 0 aromatic heterocycles. The predicted octanol–water partition coefficient (Wildman–Crippen LogP) is 1.60. The third-order valence-corrected chi connectivity index (χ3v) is 5.01. The number of hydrogen-bond acceptors (Lipinski definition) is 3. The highest BCUT2D eigenvalue weighted by molar-refractivity contribution is 7.89. The molecule has 0 radical (unpaired) electrons. The Hall–Kier alpha value is -1.20. The minimum atomic E-state index is -3.46. The molecular weight excluding hydrogens is 250 g/mol. The molecule has 98 valence electrons. The summed E-state index contributed by atoms with van der Waals surface area (Å²) in [4.78, 5) is 10.8. The molecule has 2 unspecified atom stereocenters. The fourth-order valence-electron chi connectivity index (χ4n) is 1.87. The highest BCUT2D eigenvalue weighted by Crippen LogP contribution is 2.27. The largest absolute Gasteiger partial charge is 0.302 e. The summed E-state index contributed by atoms with van der Waals surface area (Å²) >= 11 is 0. The Morgan fingerprint density at radius 1 is 1.33 bits per heavy atom. The molecule has 0 bridgehead atoms. The summed E-state index contributed by atoms with van der Waals surface area (Å²) in [5.41, 5.74) is 1.15. The van der Waals surface area contributed by atoms with Crippen LogP contribution in [0.2, 0.25) is 0 Å². The molecule has 1 fully saturated rings. The van der Waals surface area contributed by atoms with Crippen molar-refractivity contribution in [3.05, 3.63) is 29.8 Å². The molecule has 1 aliphatic heterocycles. The molecule has 1 aliphatic rings. The van der Waals surface area contributed by atoms with Gasteiger partial charge in [0, 0.05) is 6.54 Å². The molecule has 1 saturated heterocycles. The zero-order valence-electron chi connectivity index (χ0n) is 10.4. The fraction of sp³-hybridized carbons (Fsp3) is 0.462. The molecule has 4 nitrogen and oxygen atoms in total. The van der Waals surface area contributed by atoms with E-state index in [0.29, 0.717) is 12.8 Å². The number of benzene rings is 1. The Labute approximate surface area is 108 Å². The molecule has 1 heterocycles. The smallest absolute Gasteiger partial charge is 0.243 e. The third-order valence-electron chi connectivity index (χ3n) is 3.11. The molecule has 0 amide bonds. The first-order valence-electron chi connectivity index (χ1n) is 6.15. The third kappa shape index (κ3) is 2.62. The second-order valence-corrected chi connectivity index (χ2v) is 6.42. The maximum atomic E-state index is 12.1. The number of rotatable bonds is 6. The van der Waals surface area contributed by atoms with Gasteiger partial charge in [0.25, 0.3) is 0 Å². The Morgan fingerprint density at radius 3 is 2.50 bits per heavy atom. The Balaban J connectivity index is 2.12. The summed E-state index contributed by atoms with van der Waals surface area (Å²) < 4.78 is 25.3. The van der Waals surface area contributed by atoms with Crippen molar-refractivity contribution in [3.8, 4) is 0 Å². The van der Waals surface area contributed by atoms with Gasteiger partial charge < -0.3 is 4.79 Å². The second-order valence-electron chi connectivity index (χ2n) is 4.53. The van der Waals surface area contributed by atoms with Crippen LogP contribution >= 0.6 is 0 Å². The summed E-state index contributed by atoms with van der Waals surface area (Å²) in [6, 6.07) is 6.49. The number of nitrogens with zero attached hydrogens (tertiary/aromatic N) is 1. The molecule has 0 N–H and O–H groups in total. The number of aryl methyl sites for hydroxylation is 1. The van der Waals surface area contributed by atoms with E-state index in [1.807, 2.05) is 12.1 Å². The van der Waals surface area contributed by atoms with Crippen LogP contribution in [0.15, 0.2) is 29.2 Å². The highest BCUT2D eigenvalue weighted by Gasteiger charge is 2.44. The monoisotopic (exact) mass is 267 g/mol. The first-order chi connectivity index (χ1) is 8.59. The first-order valence-corrected chi connectivity index (χ1v) is 7.59. The van der Waals surface area contributed by atoms with Crippen LogP contribution in [0.4, 0.5) is 0 Å². The van der Waals surface area contributed by atoms with E-state index >= 15 is 0 Å². The van der Waals surface area contributed by atoms with Gasteiger partial charge in [-0.15, -0.1) is 0 Å². The lowest BCUT2D eigenvalue weighted by Crippen LogP contribution is -2.15. The molecule has 2 rings (SSSR count). The van der Waals surface area contributed by atoms with Gasteiger partial charge >= 0.3 is 0 Å². The minimum absolute atomic E-state index is 0.270. The zero-order chi connectivity index (χ0) is 13.2. The van der Waals surface area contributed by atoms with Crippen molar-refractivity contribution in [2.75, 3.05) is 6.54 Å². The van der Waals surface area contributed by atoms with Gasteiger partial charge in [-0.3, -0.25) is 0 Å². The maximum absolute atomic E-state index is 12.1. The van der Waals surface area contributed by atoms with Crippen molar-refractivity contribution < 1.29 is 13.2 Å². The molecule has 0 saturated carbocycles. The van der Waals surface area contributed by atoms with E-state index < -0.39 is 16.1 Å². The lowest BCUT2D eigenvalue weighted by Gasteiger charge is -2.06. The van der Waals surface area contributed by atoms with Gasteiger partial charge in [0.05, 0.1) is 10.9 Å². The van der Waals surface area contributed by atoms with Crippen molar-refractivity contribution in [1.29, 1.82) is 0 Å². The lowest BCUT2D eigenvalue weighted by molar-refractivity contribution is -0.107. The Bertz CT molecular complexity index is 522. The first kappa shape index (κ1) is 13.2. The predicted molar refractivity (Wildman–Crippen MR) is 68.8 cm³/mol. The number of carbonyl (C=O) groups excluding carboxylic acids is 1. The average molecular weight is 267 g/mol. The van der Waals surface area contributed by atoms with Crippen molar-refractivity contribution in [2.24, 2.45) is 0 Å². The van der Waals surface area contributed by atoms with Crippen LogP contribution in [0.3, 0.4) is 0 Å². The van der Waals surface area contributed by atoms with Crippen LogP contribution in [0.5, 0.6) is 0 Å². The van der Waals surface area contributed by atoms with E-state index in [0.717, 1.165) is 24.8 Å². The summed E-state index contributed by atoms with van der Waals surface area (Å²) in [5, 5.41) is 0. The number of carbonyl (C=O) groups is 1. The summed E-state index contributed by atoms with van der Waals surface area (Å²) in [6.07, 6.45) is 3.87. The number of hydrogen-bond donors (Lipinski definition) is 0. The van der Waals surface area contributed by atoms with Gasteiger partial charge in [0.15, 0.2) is 0 Å². The average Bonchev–Trinajstić information content (AvgIpc) is 3.17. The molecule has 1 aromatic rings. The topological polar surface area (TPSA) is 54.2 Å². The second kappa shape index (κ2) is 5.20. The van der Waals surface area contributed by atoms with E-state index in [1.54, 1.807) is 12.1 Å². The highest BCUT2D eigenvalue weighted by atomic mass is 32.2. The zero-order valence-corrected chi connectivity index (χ0v) is 11.2. The fourth-order valence-corrected chi connectivity index (χ4v) is 3.37. The van der Waals surface area contributed by atoms with Crippen molar-refractivity contribution in [1.82, 2.24) is 4.31 Å². The van der Waals surface area contributed by atoms with Gasteiger partial charge in [-0.2, -0.15) is 4.31 Å². The van der Waals surface area contributed by atoms with Gasteiger partial charge in [0.1, 0.15) is 6.29 Å². The summed E-state index contributed by atoms with van der Waals surface area (Å²) in [6.45, 7) is 2.43. The van der Waals surface area contributed by atoms with Crippen LogP contribution in [0.25, 0.3) is 0 Å². The number of sulfonamides is 1. The molecular formula is C13H17NO3S. The van der Waals surface area contributed by atoms with Gasteiger partial charge in [-0.25, -0.2) is 8.42 Å². The van der Waals surface area contributed by atoms with Gasteiger partial charge in [-0.05, 0) is 30.5 Å². The summed E-state index contributed by atoms with van der Waals surface area (Å²) in [7, 11) is -3.46. The van der Waals surface area contributed by atoms with E-state index in [4.69, 9.17) is 0 Å². The Morgan fingerprint density at radius 2 is 2.00 bits per heavy atom. The molecule has 1 aromatic carbocycles. The van der Waals surface area contributed by atoms with Crippen molar-refractivity contribution in [3.63, 3.8) is 0 Å². The lowest BCUT2D eigenvalue weighted by atomic mass is 10.1. The van der Waals surface area contributed by atoms with E-state index in [1.165, 1.54) is 4.31 Å². The van der Waals surface area contributed by atoms with Crippen LogP contribution in [0.1, 0.15) is 25.3 Å². The minimum Gasteiger partial charge on any atom is -0.302 e. The number of unbranched alkanes of at least 4 members (excludes halogenated alkanes) is 1. The van der Waals surface area contributed by atoms with E-state index in [9.17, 15) is 13.2 Å². The molecule has 2 atom stereocenters. The molecule has 18 heavy (non-hydrogen) atoms. The van der Waals surface area contributed by atoms with E-state index in [2.05, 4.69) is 6.92 Å².